The lowest BCUT2D eigenvalue weighted by molar-refractivity contribution is 0.251. The van der Waals surface area contributed by atoms with Crippen molar-refractivity contribution in [2.24, 2.45) is 0 Å². The van der Waals surface area contributed by atoms with Gasteiger partial charge in [-0.25, -0.2) is 0 Å². The van der Waals surface area contributed by atoms with E-state index in [1.165, 1.54) is 0 Å². The third kappa shape index (κ3) is 2.90. The first-order valence-electron chi connectivity index (χ1n) is 4.61. The zero-order valence-electron chi connectivity index (χ0n) is 8.33. The summed E-state index contributed by atoms with van der Waals surface area (Å²) in [5.74, 6) is 0. The fourth-order valence-electron chi connectivity index (χ4n) is 1.12. The number of nitrogen functional groups attached to an aromatic ring is 2. The lowest BCUT2D eigenvalue weighted by Gasteiger charge is -2.12. The van der Waals surface area contributed by atoms with Gasteiger partial charge in [-0.15, -0.1) is 0 Å². The van der Waals surface area contributed by atoms with Crippen molar-refractivity contribution in [1.29, 1.82) is 0 Å². The Balaban J connectivity index is 2.59. The minimum atomic E-state index is 0.0759. The van der Waals surface area contributed by atoms with Crippen molar-refractivity contribution in [3.05, 3.63) is 23.8 Å². The third-order valence-electron chi connectivity index (χ3n) is 2.08. The molecule has 1 atom stereocenters. The summed E-state index contributed by atoms with van der Waals surface area (Å²) in [4.78, 5) is 0. The van der Waals surface area contributed by atoms with E-state index >= 15 is 0 Å². The van der Waals surface area contributed by atoms with Crippen LogP contribution in [0.5, 0.6) is 0 Å². The Bertz CT molecular complexity index is 301. The Morgan fingerprint density at radius 2 is 2.14 bits per heavy atom. The van der Waals surface area contributed by atoms with Crippen molar-refractivity contribution in [2.75, 3.05) is 18.1 Å². The number of nitrogens with two attached hydrogens (primary N) is 2. The summed E-state index contributed by atoms with van der Waals surface area (Å²) in [6.07, 6.45) is 0. The fourth-order valence-corrected chi connectivity index (χ4v) is 1.12. The van der Waals surface area contributed by atoms with Gasteiger partial charge in [0, 0.05) is 24.0 Å². The number of benzene rings is 1. The lowest BCUT2D eigenvalue weighted by Crippen LogP contribution is -2.28. The molecule has 0 aliphatic rings. The first-order chi connectivity index (χ1) is 6.63. The number of aliphatic hydroxyl groups excluding tert-OH is 1. The van der Waals surface area contributed by atoms with E-state index in [1.54, 1.807) is 6.07 Å². The molecule has 0 bridgehead atoms. The molecule has 6 N–H and O–H groups in total. The summed E-state index contributed by atoms with van der Waals surface area (Å²) in [5.41, 5.74) is 13.7. The minimum Gasteiger partial charge on any atom is -0.399 e. The molecule has 1 aromatic carbocycles. The topological polar surface area (TPSA) is 84.3 Å². The molecule has 0 saturated carbocycles. The molecule has 1 unspecified atom stereocenters. The van der Waals surface area contributed by atoms with Crippen molar-refractivity contribution in [3.63, 3.8) is 0 Å². The van der Waals surface area contributed by atoms with Gasteiger partial charge in [0.15, 0.2) is 0 Å². The number of anilines is 2. The Labute approximate surface area is 83.9 Å². The van der Waals surface area contributed by atoms with E-state index in [0.29, 0.717) is 17.9 Å². The van der Waals surface area contributed by atoms with E-state index in [2.05, 4.69) is 5.32 Å². The zero-order valence-corrected chi connectivity index (χ0v) is 8.33. The van der Waals surface area contributed by atoms with Crippen molar-refractivity contribution in [3.8, 4) is 0 Å². The van der Waals surface area contributed by atoms with Crippen LogP contribution >= 0.6 is 0 Å². The molecule has 78 valence electrons. The highest BCUT2D eigenvalue weighted by molar-refractivity contribution is 5.56. The van der Waals surface area contributed by atoms with E-state index < -0.39 is 0 Å². The standard InChI is InChI=1S/C10H17N3O/c1-7(6-14)13-5-8-2-3-9(11)4-10(8)12/h2-4,7,13-14H,5-6,11-12H2,1H3. The Hall–Kier alpha value is -1.26. The fraction of sp³-hybridized carbons (Fsp3) is 0.400. The highest BCUT2D eigenvalue weighted by atomic mass is 16.3. The van der Waals surface area contributed by atoms with Crippen LogP contribution in [0, 0.1) is 0 Å². The zero-order chi connectivity index (χ0) is 10.6. The Morgan fingerprint density at radius 3 is 2.71 bits per heavy atom. The number of hydrogen-bond donors (Lipinski definition) is 4. The molecule has 0 amide bonds. The van der Waals surface area contributed by atoms with Crippen LogP contribution in [0.2, 0.25) is 0 Å². The van der Waals surface area contributed by atoms with Gasteiger partial charge in [-0.2, -0.15) is 0 Å². The van der Waals surface area contributed by atoms with Gasteiger partial charge < -0.3 is 21.9 Å². The minimum absolute atomic E-state index is 0.0759. The maximum Gasteiger partial charge on any atom is 0.0582 e. The molecule has 14 heavy (non-hydrogen) atoms. The molecule has 0 fully saturated rings. The predicted molar refractivity (Wildman–Crippen MR) is 58.7 cm³/mol. The lowest BCUT2D eigenvalue weighted by atomic mass is 10.1. The molecule has 4 heteroatoms. The second kappa shape index (κ2) is 4.83. The van der Waals surface area contributed by atoms with E-state index in [0.717, 1.165) is 5.56 Å². The molecule has 0 saturated heterocycles. The van der Waals surface area contributed by atoms with Crippen LogP contribution in [0.4, 0.5) is 11.4 Å². The number of aliphatic hydroxyl groups is 1. The summed E-state index contributed by atoms with van der Waals surface area (Å²) in [6, 6.07) is 5.52. The Morgan fingerprint density at radius 1 is 1.43 bits per heavy atom. The molecule has 0 spiro atoms. The molecule has 1 aromatic rings. The predicted octanol–water partition coefficient (Wildman–Crippen LogP) is 0.321. The van der Waals surface area contributed by atoms with Gasteiger partial charge >= 0.3 is 0 Å². The third-order valence-corrected chi connectivity index (χ3v) is 2.08. The smallest absolute Gasteiger partial charge is 0.0582 e. The summed E-state index contributed by atoms with van der Waals surface area (Å²) in [6.45, 7) is 2.68. The highest BCUT2D eigenvalue weighted by Gasteiger charge is 2.02. The van der Waals surface area contributed by atoms with Crippen molar-refractivity contribution in [2.45, 2.75) is 19.5 Å². The van der Waals surface area contributed by atoms with Gasteiger partial charge in [-0.1, -0.05) is 6.07 Å². The molecule has 0 heterocycles. The molecular formula is C10H17N3O. The van der Waals surface area contributed by atoms with Crippen molar-refractivity contribution >= 4 is 11.4 Å². The highest BCUT2D eigenvalue weighted by Crippen LogP contribution is 2.15. The summed E-state index contributed by atoms with van der Waals surface area (Å²) in [5, 5.41) is 12.0. The van der Waals surface area contributed by atoms with E-state index in [-0.39, 0.29) is 12.6 Å². The number of hydrogen-bond acceptors (Lipinski definition) is 4. The van der Waals surface area contributed by atoms with Crippen LogP contribution in [0.3, 0.4) is 0 Å². The Kier molecular flexibility index (Phi) is 3.73. The maximum absolute atomic E-state index is 8.81. The monoisotopic (exact) mass is 195 g/mol. The van der Waals surface area contributed by atoms with Gasteiger partial charge in [0.1, 0.15) is 0 Å². The molecule has 0 aromatic heterocycles. The van der Waals surface area contributed by atoms with Crippen LogP contribution in [-0.4, -0.2) is 17.8 Å². The van der Waals surface area contributed by atoms with Crippen LogP contribution in [0.25, 0.3) is 0 Å². The SMILES string of the molecule is CC(CO)NCc1ccc(N)cc1N. The van der Waals surface area contributed by atoms with E-state index in [1.807, 2.05) is 19.1 Å². The largest absolute Gasteiger partial charge is 0.399 e. The normalized spacial score (nSPS) is 12.7. The number of nitrogens with one attached hydrogen (secondary N) is 1. The van der Waals surface area contributed by atoms with Crippen LogP contribution in [0.15, 0.2) is 18.2 Å². The second-order valence-corrected chi connectivity index (χ2v) is 3.42. The molecule has 0 aliphatic carbocycles. The average Bonchev–Trinajstić information content (AvgIpc) is 2.16. The van der Waals surface area contributed by atoms with Gasteiger partial charge in [-0.05, 0) is 24.6 Å². The first kappa shape index (κ1) is 10.8. The first-order valence-corrected chi connectivity index (χ1v) is 4.61. The van der Waals surface area contributed by atoms with Gasteiger partial charge in [0.25, 0.3) is 0 Å². The molecule has 0 aliphatic heterocycles. The average molecular weight is 195 g/mol. The van der Waals surface area contributed by atoms with E-state index in [4.69, 9.17) is 16.6 Å². The molecule has 4 nitrogen and oxygen atoms in total. The second-order valence-electron chi connectivity index (χ2n) is 3.42. The van der Waals surface area contributed by atoms with Crippen molar-refractivity contribution in [1.82, 2.24) is 5.32 Å². The summed E-state index contributed by atoms with van der Waals surface area (Å²) < 4.78 is 0. The van der Waals surface area contributed by atoms with Gasteiger partial charge in [-0.3, -0.25) is 0 Å². The molecular weight excluding hydrogens is 178 g/mol. The maximum atomic E-state index is 8.81. The van der Waals surface area contributed by atoms with Gasteiger partial charge in [0.2, 0.25) is 0 Å². The van der Waals surface area contributed by atoms with Crippen LogP contribution in [0.1, 0.15) is 12.5 Å². The summed E-state index contributed by atoms with van der Waals surface area (Å²) in [7, 11) is 0. The summed E-state index contributed by atoms with van der Waals surface area (Å²) >= 11 is 0. The van der Waals surface area contributed by atoms with E-state index in [9.17, 15) is 0 Å². The van der Waals surface area contributed by atoms with Crippen LogP contribution < -0.4 is 16.8 Å². The van der Waals surface area contributed by atoms with Crippen molar-refractivity contribution < 1.29 is 5.11 Å². The van der Waals surface area contributed by atoms with Gasteiger partial charge in [0.05, 0.1) is 6.61 Å². The molecule has 1 rings (SSSR count). The molecule has 0 radical (unpaired) electrons. The number of rotatable bonds is 4. The quantitative estimate of drug-likeness (QED) is 0.521. The van der Waals surface area contributed by atoms with Crippen LogP contribution in [-0.2, 0) is 6.54 Å².